The molecule has 0 aliphatic heterocycles. The average molecular weight is 310 g/mol. The van der Waals surface area contributed by atoms with E-state index >= 15 is 0 Å². The Kier molecular flexibility index (Phi) is 5.31. The van der Waals surface area contributed by atoms with Crippen molar-refractivity contribution in [2.75, 3.05) is 0 Å². The third-order valence-electron chi connectivity index (χ3n) is 3.66. The molecule has 1 N–H and O–H groups in total. The van der Waals surface area contributed by atoms with Crippen LogP contribution in [0, 0.1) is 13.8 Å². The topological polar surface area (TPSA) is 63.6 Å². The molecule has 0 saturated heterocycles. The molecule has 0 saturated carbocycles. The Bertz CT molecular complexity index is 745. The summed E-state index contributed by atoms with van der Waals surface area (Å²) in [4.78, 5) is 22.0. The molecular formula is C19H18O4. The number of benzene rings is 2. The Hall–Kier alpha value is -2.88. The molecule has 2 rings (SSSR count). The number of carbonyl (C=O) groups excluding carboxylic acids is 1. The first kappa shape index (κ1) is 16.5. The molecular weight excluding hydrogens is 292 g/mol. The number of esters is 1. The van der Waals surface area contributed by atoms with E-state index in [0.717, 1.165) is 35.3 Å². The standard InChI is InChI=1S/C19H18O4/c1-13-14(2)17(23-19(22)11-10-18(20)21)9-8-16(13)12-15-6-4-3-5-7-15/h3-11H,12H2,1-2H3,(H,20,21)/b11-10+. The lowest BCUT2D eigenvalue weighted by atomic mass is 9.97. The summed E-state index contributed by atoms with van der Waals surface area (Å²) in [7, 11) is 0. The van der Waals surface area contributed by atoms with Gasteiger partial charge in [-0.25, -0.2) is 9.59 Å². The number of rotatable bonds is 5. The monoisotopic (exact) mass is 310 g/mol. The fraction of sp³-hybridized carbons (Fsp3) is 0.158. The molecule has 0 aliphatic carbocycles. The summed E-state index contributed by atoms with van der Waals surface area (Å²) in [5.41, 5.74) is 4.30. The number of carboxylic acids is 1. The zero-order valence-electron chi connectivity index (χ0n) is 13.1. The minimum absolute atomic E-state index is 0.444. The lowest BCUT2D eigenvalue weighted by Gasteiger charge is -2.13. The molecule has 4 heteroatoms. The van der Waals surface area contributed by atoms with Crippen molar-refractivity contribution in [1.82, 2.24) is 0 Å². The van der Waals surface area contributed by atoms with Gasteiger partial charge in [0.2, 0.25) is 0 Å². The molecule has 118 valence electrons. The molecule has 2 aromatic carbocycles. The molecule has 0 unspecified atom stereocenters. The van der Waals surface area contributed by atoms with E-state index in [-0.39, 0.29) is 0 Å². The van der Waals surface area contributed by atoms with Gasteiger partial charge in [0.25, 0.3) is 0 Å². The fourth-order valence-corrected chi connectivity index (χ4v) is 2.25. The predicted molar refractivity (Wildman–Crippen MR) is 87.6 cm³/mol. The van der Waals surface area contributed by atoms with E-state index in [2.05, 4.69) is 12.1 Å². The van der Waals surface area contributed by atoms with Crippen molar-refractivity contribution in [3.8, 4) is 5.75 Å². The summed E-state index contributed by atoms with van der Waals surface area (Å²) >= 11 is 0. The van der Waals surface area contributed by atoms with Gasteiger partial charge in [-0.15, -0.1) is 0 Å². The van der Waals surface area contributed by atoms with Gasteiger partial charge in [-0.1, -0.05) is 36.4 Å². The van der Waals surface area contributed by atoms with E-state index in [4.69, 9.17) is 9.84 Å². The second kappa shape index (κ2) is 7.40. The maximum atomic E-state index is 11.6. The molecule has 0 atom stereocenters. The molecule has 0 aromatic heterocycles. The van der Waals surface area contributed by atoms with Crippen LogP contribution < -0.4 is 4.74 Å². The predicted octanol–water partition coefficient (Wildman–Crippen LogP) is 3.44. The molecule has 23 heavy (non-hydrogen) atoms. The van der Waals surface area contributed by atoms with E-state index in [1.807, 2.05) is 38.1 Å². The van der Waals surface area contributed by atoms with Crippen LogP contribution in [0.2, 0.25) is 0 Å². The van der Waals surface area contributed by atoms with Crippen LogP contribution in [0.4, 0.5) is 0 Å². The first-order valence-electron chi connectivity index (χ1n) is 7.23. The third kappa shape index (κ3) is 4.54. The van der Waals surface area contributed by atoms with E-state index in [9.17, 15) is 9.59 Å². The lowest BCUT2D eigenvalue weighted by Crippen LogP contribution is -2.07. The van der Waals surface area contributed by atoms with Gasteiger partial charge in [0, 0.05) is 12.2 Å². The van der Waals surface area contributed by atoms with Crippen molar-refractivity contribution in [2.24, 2.45) is 0 Å². The molecule has 0 aliphatic rings. The van der Waals surface area contributed by atoms with Gasteiger partial charge in [0.1, 0.15) is 5.75 Å². The van der Waals surface area contributed by atoms with Crippen LogP contribution in [0.1, 0.15) is 22.3 Å². The van der Waals surface area contributed by atoms with E-state index < -0.39 is 11.9 Å². The minimum atomic E-state index is -1.19. The van der Waals surface area contributed by atoms with Crippen LogP contribution in [0.5, 0.6) is 5.75 Å². The van der Waals surface area contributed by atoms with Crippen LogP contribution in [-0.4, -0.2) is 17.0 Å². The summed E-state index contributed by atoms with van der Waals surface area (Å²) in [5, 5.41) is 8.51. The van der Waals surface area contributed by atoms with Crippen LogP contribution in [0.15, 0.2) is 54.6 Å². The van der Waals surface area contributed by atoms with E-state index in [0.29, 0.717) is 5.75 Å². The molecule has 0 amide bonds. The van der Waals surface area contributed by atoms with Gasteiger partial charge in [0.15, 0.2) is 0 Å². The van der Waals surface area contributed by atoms with Gasteiger partial charge in [-0.2, -0.15) is 0 Å². The lowest BCUT2D eigenvalue weighted by molar-refractivity contribution is -0.133. The zero-order chi connectivity index (χ0) is 16.8. The number of hydrogen-bond donors (Lipinski definition) is 1. The van der Waals surface area contributed by atoms with E-state index in [1.165, 1.54) is 5.56 Å². The Morgan fingerprint density at radius 2 is 1.70 bits per heavy atom. The van der Waals surface area contributed by atoms with Crippen LogP contribution in [-0.2, 0) is 16.0 Å². The number of carboxylic acid groups (broad SMARTS) is 1. The molecule has 2 aromatic rings. The van der Waals surface area contributed by atoms with E-state index in [1.54, 1.807) is 6.07 Å². The Morgan fingerprint density at radius 1 is 1.00 bits per heavy atom. The zero-order valence-corrected chi connectivity index (χ0v) is 13.1. The number of aliphatic carboxylic acids is 1. The smallest absolute Gasteiger partial charge is 0.336 e. The van der Waals surface area contributed by atoms with Gasteiger partial charge < -0.3 is 9.84 Å². The number of ether oxygens (including phenoxy) is 1. The maximum absolute atomic E-state index is 11.6. The molecule has 4 nitrogen and oxygen atoms in total. The van der Waals surface area contributed by atoms with Gasteiger partial charge >= 0.3 is 11.9 Å². The largest absolute Gasteiger partial charge is 0.478 e. The number of carbonyl (C=O) groups is 2. The summed E-state index contributed by atoms with van der Waals surface area (Å²) in [6.45, 7) is 3.87. The van der Waals surface area contributed by atoms with Gasteiger partial charge in [-0.05, 0) is 48.6 Å². The highest BCUT2D eigenvalue weighted by Crippen LogP contribution is 2.26. The second-order valence-corrected chi connectivity index (χ2v) is 5.23. The molecule has 0 bridgehead atoms. The fourth-order valence-electron chi connectivity index (χ4n) is 2.25. The van der Waals surface area contributed by atoms with Gasteiger partial charge in [-0.3, -0.25) is 0 Å². The summed E-state index contributed by atoms with van der Waals surface area (Å²) < 4.78 is 5.19. The molecule has 0 heterocycles. The first-order chi connectivity index (χ1) is 11.0. The molecule has 0 spiro atoms. The Balaban J connectivity index is 2.17. The van der Waals surface area contributed by atoms with Crippen molar-refractivity contribution >= 4 is 11.9 Å². The summed E-state index contributed by atoms with van der Waals surface area (Å²) in [6, 6.07) is 13.8. The maximum Gasteiger partial charge on any atom is 0.336 e. The van der Waals surface area contributed by atoms with Crippen molar-refractivity contribution in [3.05, 3.63) is 76.9 Å². The normalized spacial score (nSPS) is 10.7. The van der Waals surface area contributed by atoms with Crippen LogP contribution in [0.25, 0.3) is 0 Å². The highest BCUT2D eigenvalue weighted by atomic mass is 16.5. The third-order valence-corrected chi connectivity index (χ3v) is 3.66. The summed E-state index contributed by atoms with van der Waals surface area (Å²) in [6.07, 6.45) is 2.46. The van der Waals surface area contributed by atoms with Crippen molar-refractivity contribution in [2.45, 2.75) is 20.3 Å². The Labute approximate surface area is 135 Å². The van der Waals surface area contributed by atoms with Crippen LogP contribution in [0.3, 0.4) is 0 Å². The minimum Gasteiger partial charge on any atom is -0.478 e. The van der Waals surface area contributed by atoms with Crippen molar-refractivity contribution in [3.63, 3.8) is 0 Å². The average Bonchev–Trinajstić information content (AvgIpc) is 2.53. The number of hydrogen-bond acceptors (Lipinski definition) is 3. The van der Waals surface area contributed by atoms with Crippen molar-refractivity contribution in [1.29, 1.82) is 0 Å². The van der Waals surface area contributed by atoms with Crippen LogP contribution >= 0.6 is 0 Å². The second-order valence-electron chi connectivity index (χ2n) is 5.23. The summed E-state index contributed by atoms with van der Waals surface area (Å²) in [5.74, 6) is -1.45. The Morgan fingerprint density at radius 3 is 2.35 bits per heavy atom. The SMILES string of the molecule is Cc1c(Cc2ccccc2)ccc(OC(=O)/C=C/C(=O)O)c1C. The highest BCUT2D eigenvalue weighted by molar-refractivity contribution is 5.91. The van der Waals surface area contributed by atoms with Crippen molar-refractivity contribution < 1.29 is 19.4 Å². The molecule has 0 radical (unpaired) electrons. The van der Waals surface area contributed by atoms with Gasteiger partial charge in [0.05, 0.1) is 0 Å². The quantitative estimate of drug-likeness (QED) is 0.522. The molecule has 0 fully saturated rings. The highest BCUT2D eigenvalue weighted by Gasteiger charge is 2.10. The first-order valence-corrected chi connectivity index (χ1v) is 7.23.